The van der Waals surface area contributed by atoms with Crippen LogP contribution in [0, 0.1) is 13.8 Å². The van der Waals surface area contributed by atoms with Crippen LogP contribution in [-0.2, 0) is 10.3 Å². The van der Waals surface area contributed by atoms with Gasteiger partial charge in [0.2, 0.25) is 0 Å². The van der Waals surface area contributed by atoms with Gasteiger partial charge in [-0.3, -0.25) is 0 Å². The molecule has 0 spiro atoms. The highest BCUT2D eigenvalue weighted by atomic mass is 32.1. The molecule has 2 aromatic rings. The predicted molar refractivity (Wildman–Crippen MR) is 118 cm³/mol. The van der Waals surface area contributed by atoms with Crippen molar-refractivity contribution in [3.8, 4) is 0 Å². The van der Waals surface area contributed by atoms with Crippen LogP contribution in [-0.4, -0.2) is 17.7 Å². The van der Waals surface area contributed by atoms with Crippen molar-refractivity contribution >= 4 is 29.0 Å². The molecule has 3 rings (SSSR count). The van der Waals surface area contributed by atoms with Crippen LogP contribution in [0.15, 0.2) is 42.5 Å². The van der Waals surface area contributed by atoms with Gasteiger partial charge in [0.15, 0.2) is 5.11 Å². The third kappa shape index (κ3) is 4.36. The molecule has 4 nitrogen and oxygen atoms in total. The smallest absolute Gasteiger partial charge is 0.338 e. The molecule has 2 aromatic carbocycles. The predicted octanol–water partition coefficient (Wildman–Crippen LogP) is 5.24. The highest BCUT2D eigenvalue weighted by molar-refractivity contribution is 7.80. The van der Waals surface area contributed by atoms with Gasteiger partial charge in [-0.25, -0.2) is 4.79 Å². The molecule has 2 N–H and O–H groups in total. The SMILES string of the molecule is CCOC(=O)c1cccc(NC(=S)NC2(c3cccc(C)c3)CCCC2)c1C. The first kappa shape index (κ1) is 20.3. The Kier molecular flexibility index (Phi) is 6.35. The van der Waals surface area contributed by atoms with Crippen molar-refractivity contribution in [3.05, 3.63) is 64.7 Å². The highest BCUT2D eigenvalue weighted by Crippen LogP contribution is 2.39. The molecule has 0 bridgehead atoms. The minimum atomic E-state index is -0.311. The first-order valence-electron chi connectivity index (χ1n) is 9.88. The quantitative estimate of drug-likeness (QED) is 0.535. The molecule has 0 unspecified atom stereocenters. The van der Waals surface area contributed by atoms with E-state index in [1.54, 1.807) is 13.0 Å². The molecule has 1 aliphatic carbocycles. The van der Waals surface area contributed by atoms with Crippen LogP contribution < -0.4 is 10.6 Å². The van der Waals surface area contributed by atoms with Gasteiger partial charge in [-0.2, -0.15) is 0 Å². The molecule has 0 heterocycles. The maximum Gasteiger partial charge on any atom is 0.338 e. The number of ether oxygens (including phenoxy) is 1. The minimum absolute atomic E-state index is 0.136. The van der Waals surface area contributed by atoms with Gasteiger partial charge in [0.1, 0.15) is 0 Å². The first-order valence-corrected chi connectivity index (χ1v) is 10.3. The van der Waals surface area contributed by atoms with Crippen molar-refractivity contribution in [2.75, 3.05) is 11.9 Å². The fourth-order valence-electron chi connectivity index (χ4n) is 3.98. The lowest BCUT2D eigenvalue weighted by Crippen LogP contribution is -2.45. The number of carbonyl (C=O) groups is 1. The zero-order valence-electron chi connectivity index (χ0n) is 16.8. The molecule has 0 radical (unpaired) electrons. The summed E-state index contributed by atoms with van der Waals surface area (Å²) in [5.41, 5.74) is 4.61. The number of hydrogen-bond donors (Lipinski definition) is 2. The highest BCUT2D eigenvalue weighted by Gasteiger charge is 2.36. The lowest BCUT2D eigenvalue weighted by Gasteiger charge is -2.33. The first-order chi connectivity index (χ1) is 13.4. The van der Waals surface area contributed by atoms with E-state index in [4.69, 9.17) is 17.0 Å². The second kappa shape index (κ2) is 8.74. The van der Waals surface area contributed by atoms with Gasteiger partial charge < -0.3 is 15.4 Å². The van der Waals surface area contributed by atoms with E-state index in [1.807, 2.05) is 19.1 Å². The van der Waals surface area contributed by atoms with Crippen molar-refractivity contribution < 1.29 is 9.53 Å². The summed E-state index contributed by atoms with van der Waals surface area (Å²) in [6.45, 7) is 6.19. The number of benzene rings is 2. The van der Waals surface area contributed by atoms with Crippen LogP contribution in [0.2, 0.25) is 0 Å². The van der Waals surface area contributed by atoms with Crippen molar-refractivity contribution in [1.82, 2.24) is 5.32 Å². The summed E-state index contributed by atoms with van der Waals surface area (Å²) in [7, 11) is 0. The molecule has 0 amide bonds. The van der Waals surface area contributed by atoms with Crippen molar-refractivity contribution in [1.29, 1.82) is 0 Å². The van der Waals surface area contributed by atoms with Gasteiger partial charge in [0.05, 0.1) is 17.7 Å². The number of rotatable bonds is 5. The van der Waals surface area contributed by atoms with Crippen LogP contribution in [0.1, 0.15) is 59.7 Å². The molecule has 28 heavy (non-hydrogen) atoms. The van der Waals surface area contributed by atoms with Crippen LogP contribution in [0.3, 0.4) is 0 Å². The molecule has 1 fully saturated rings. The van der Waals surface area contributed by atoms with E-state index < -0.39 is 0 Å². The average Bonchev–Trinajstić information content (AvgIpc) is 3.13. The van der Waals surface area contributed by atoms with Gasteiger partial charge in [-0.05, 0) is 69.1 Å². The van der Waals surface area contributed by atoms with E-state index in [1.165, 1.54) is 24.0 Å². The molecule has 148 valence electrons. The third-order valence-corrected chi connectivity index (χ3v) is 5.66. The van der Waals surface area contributed by atoms with E-state index in [2.05, 4.69) is 41.8 Å². The standard InChI is InChI=1S/C23H28N2O2S/c1-4-27-21(26)19-11-8-12-20(17(19)3)24-22(28)25-23(13-5-6-14-23)18-10-7-9-16(2)15-18/h7-12,15H,4-6,13-14H2,1-3H3,(H2,24,25,28). The average molecular weight is 397 g/mol. The number of esters is 1. The summed E-state index contributed by atoms with van der Waals surface area (Å²) in [6.07, 6.45) is 4.47. The van der Waals surface area contributed by atoms with E-state index in [0.717, 1.165) is 24.1 Å². The van der Waals surface area contributed by atoms with Crippen LogP contribution >= 0.6 is 12.2 Å². The number of anilines is 1. The van der Waals surface area contributed by atoms with Crippen LogP contribution in [0.5, 0.6) is 0 Å². The van der Waals surface area contributed by atoms with Gasteiger partial charge >= 0.3 is 5.97 Å². The second-order valence-corrected chi connectivity index (χ2v) is 7.84. The van der Waals surface area contributed by atoms with Gasteiger partial charge in [-0.1, -0.05) is 48.7 Å². The molecule has 0 aromatic heterocycles. The topological polar surface area (TPSA) is 50.4 Å². The summed E-state index contributed by atoms with van der Waals surface area (Å²) in [6, 6.07) is 14.2. The fourth-order valence-corrected chi connectivity index (χ4v) is 4.28. The number of aryl methyl sites for hydroxylation is 1. The molecule has 1 aliphatic rings. The molecule has 0 atom stereocenters. The van der Waals surface area contributed by atoms with Crippen LogP contribution in [0.4, 0.5) is 5.69 Å². The lowest BCUT2D eigenvalue weighted by atomic mass is 9.87. The summed E-state index contributed by atoms with van der Waals surface area (Å²) in [4.78, 5) is 12.2. The maximum absolute atomic E-state index is 12.2. The van der Waals surface area contributed by atoms with Gasteiger partial charge in [-0.15, -0.1) is 0 Å². The largest absolute Gasteiger partial charge is 0.462 e. The molecule has 0 aliphatic heterocycles. The molecular formula is C23H28N2O2S. The Hall–Kier alpha value is -2.40. The Bertz CT molecular complexity index is 873. The summed E-state index contributed by atoms with van der Waals surface area (Å²) in [5, 5.41) is 7.46. The number of thiocarbonyl (C=S) groups is 1. The fraction of sp³-hybridized carbons (Fsp3) is 0.391. The maximum atomic E-state index is 12.2. The normalized spacial score (nSPS) is 15.1. The van der Waals surface area contributed by atoms with Crippen LogP contribution in [0.25, 0.3) is 0 Å². The molecule has 0 saturated heterocycles. The van der Waals surface area contributed by atoms with Gasteiger partial charge in [0.25, 0.3) is 0 Å². The Labute approximate surface area is 172 Å². The Morgan fingerprint density at radius 1 is 1.14 bits per heavy atom. The molecule has 1 saturated carbocycles. The van der Waals surface area contributed by atoms with Crippen molar-refractivity contribution in [2.24, 2.45) is 0 Å². The Balaban J connectivity index is 1.79. The summed E-state index contributed by atoms with van der Waals surface area (Å²) in [5.74, 6) is -0.311. The van der Waals surface area contributed by atoms with E-state index in [-0.39, 0.29) is 11.5 Å². The third-order valence-electron chi connectivity index (χ3n) is 5.46. The Morgan fingerprint density at radius 3 is 2.54 bits per heavy atom. The number of nitrogens with one attached hydrogen (secondary N) is 2. The summed E-state index contributed by atoms with van der Waals surface area (Å²) >= 11 is 5.66. The number of carbonyl (C=O) groups excluding carboxylic acids is 1. The zero-order chi connectivity index (χ0) is 20.1. The van der Waals surface area contributed by atoms with Crippen molar-refractivity contribution in [3.63, 3.8) is 0 Å². The van der Waals surface area contributed by atoms with Crippen molar-refractivity contribution in [2.45, 2.75) is 52.0 Å². The Morgan fingerprint density at radius 2 is 1.86 bits per heavy atom. The van der Waals surface area contributed by atoms with E-state index in [0.29, 0.717) is 17.3 Å². The molecular weight excluding hydrogens is 368 g/mol. The summed E-state index contributed by atoms with van der Waals surface area (Å²) < 4.78 is 5.15. The minimum Gasteiger partial charge on any atom is -0.462 e. The zero-order valence-corrected chi connectivity index (χ0v) is 17.6. The monoisotopic (exact) mass is 396 g/mol. The van der Waals surface area contributed by atoms with Gasteiger partial charge in [0, 0.05) is 5.69 Å². The lowest BCUT2D eigenvalue weighted by molar-refractivity contribution is 0.0525. The van der Waals surface area contributed by atoms with E-state index >= 15 is 0 Å². The second-order valence-electron chi connectivity index (χ2n) is 7.44. The van der Waals surface area contributed by atoms with E-state index in [9.17, 15) is 4.79 Å². The molecule has 5 heteroatoms. The number of hydrogen-bond acceptors (Lipinski definition) is 3.